The third-order valence-electron chi connectivity index (χ3n) is 4.94. The standard InChI is InChI=1S/C19H24N6O2/c1-2-17(26)21-14-3-4-15-16(11-14)22-19(24-7-9-27-10-8-24)23-18(15)25-6-5-13(20)12-25/h2-4,11,13H,1,5-10,12,20H2,(H,21,26). The Bertz CT molecular complexity index is 865. The summed E-state index contributed by atoms with van der Waals surface area (Å²) in [5.74, 6) is 1.34. The predicted molar refractivity (Wildman–Crippen MR) is 106 cm³/mol. The summed E-state index contributed by atoms with van der Waals surface area (Å²) in [6.07, 6.45) is 2.20. The number of hydrogen-bond acceptors (Lipinski definition) is 7. The van der Waals surface area contributed by atoms with Crippen molar-refractivity contribution in [3.05, 3.63) is 30.9 Å². The number of fused-ring (bicyclic) bond motifs is 1. The number of ether oxygens (including phenoxy) is 1. The molecule has 2 fully saturated rings. The molecule has 2 aliphatic heterocycles. The minimum absolute atomic E-state index is 0.160. The number of nitrogens with zero attached hydrogens (tertiary/aromatic N) is 4. The smallest absolute Gasteiger partial charge is 0.247 e. The molecular weight excluding hydrogens is 344 g/mol. The molecule has 27 heavy (non-hydrogen) atoms. The molecule has 8 heteroatoms. The second-order valence-electron chi connectivity index (χ2n) is 6.87. The van der Waals surface area contributed by atoms with Crippen LogP contribution in [0.4, 0.5) is 17.5 Å². The van der Waals surface area contributed by atoms with E-state index in [0.29, 0.717) is 24.8 Å². The van der Waals surface area contributed by atoms with Crippen molar-refractivity contribution in [2.24, 2.45) is 5.73 Å². The molecule has 1 amide bonds. The first-order chi connectivity index (χ1) is 13.1. The van der Waals surface area contributed by atoms with Crippen LogP contribution < -0.4 is 20.9 Å². The van der Waals surface area contributed by atoms with Crippen LogP contribution in [0, 0.1) is 0 Å². The van der Waals surface area contributed by atoms with Crippen LogP contribution in [-0.4, -0.2) is 61.3 Å². The lowest BCUT2D eigenvalue weighted by Crippen LogP contribution is -2.37. The normalized spacial score (nSPS) is 20.1. The van der Waals surface area contributed by atoms with Crippen molar-refractivity contribution in [2.75, 3.05) is 54.5 Å². The Kier molecular flexibility index (Phi) is 4.91. The van der Waals surface area contributed by atoms with Crippen LogP contribution in [0.3, 0.4) is 0 Å². The zero-order valence-corrected chi connectivity index (χ0v) is 15.2. The minimum atomic E-state index is -0.248. The van der Waals surface area contributed by atoms with Crippen LogP contribution >= 0.6 is 0 Å². The van der Waals surface area contributed by atoms with Crippen molar-refractivity contribution in [3.8, 4) is 0 Å². The molecule has 0 saturated carbocycles. The lowest BCUT2D eigenvalue weighted by Gasteiger charge is -2.28. The van der Waals surface area contributed by atoms with E-state index in [0.717, 1.165) is 49.3 Å². The van der Waals surface area contributed by atoms with Crippen molar-refractivity contribution in [2.45, 2.75) is 12.5 Å². The molecule has 2 aromatic rings. The number of carbonyl (C=O) groups excluding carboxylic acids is 1. The van der Waals surface area contributed by atoms with Gasteiger partial charge in [0, 0.05) is 43.3 Å². The fourth-order valence-electron chi connectivity index (χ4n) is 3.50. The van der Waals surface area contributed by atoms with Crippen molar-refractivity contribution >= 4 is 34.3 Å². The van der Waals surface area contributed by atoms with Gasteiger partial charge in [-0.05, 0) is 30.7 Å². The van der Waals surface area contributed by atoms with Gasteiger partial charge in [-0.15, -0.1) is 0 Å². The monoisotopic (exact) mass is 368 g/mol. The number of amides is 1. The zero-order chi connectivity index (χ0) is 18.8. The fraction of sp³-hybridized carbons (Fsp3) is 0.421. The van der Waals surface area contributed by atoms with Crippen LogP contribution in [0.25, 0.3) is 10.9 Å². The van der Waals surface area contributed by atoms with Crippen LogP contribution in [0.5, 0.6) is 0 Å². The Balaban J connectivity index is 1.77. The number of nitrogens with two attached hydrogens (primary N) is 1. The summed E-state index contributed by atoms with van der Waals surface area (Å²) in [6.45, 7) is 8.01. The Hall–Kier alpha value is -2.71. The number of carbonyl (C=O) groups is 1. The van der Waals surface area contributed by atoms with Gasteiger partial charge in [-0.3, -0.25) is 4.79 Å². The van der Waals surface area contributed by atoms with E-state index in [-0.39, 0.29) is 11.9 Å². The average molecular weight is 368 g/mol. The molecule has 8 nitrogen and oxygen atoms in total. The Morgan fingerprint density at radius 3 is 2.78 bits per heavy atom. The second-order valence-corrected chi connectivity index (χ2v) is 6.87. The Morgan fingerprint density at radius 1 is 1.26 bits per heavy atom. The fourth-order valence-corrected chi connectivity index (χ4v) is 3.50. The molecule has 0 radical (unpaired) electrons. The van der Waals surface area contributed by atoms with E-state index in [1.165, 1.54) is 6.08 Å². The number of anilines is 3. The molecule has 1 atom stereocenters. The third-order valence-corrected chi connectivity index (χ3v) is 4.94. The molecule has 0 aliphatic carbocycles. The first-order valence-electron chi connectivity index (χ1n) is 9.22. The lowest BCUT2D eigenvalue weighted by atomic mass is 10.2. The first-order valence-corrected chi connectivity index (χ1v) is 9.22. The highest BCUT2D eigenvalue weighted by atomic mass is 16.5. The Labute approximate surface area is 158 Å². The van der Waals surface area contributed by atoms with E-state index in [2.05, 4.69) is 21.7 Å². The van der Waals surface area contributed by atoms with E-state index in [1.807, 2.05) is 18.2 Å². The molecule has 2 aliphatic rings. The Morgan fingerprint density at radius 2 is 2.07 bits per heavy atom. The zero-order valence-electron chi connectivity index (χ0n) is 15.2. The number of nitrogens with one attached hydrogen (secondary N) is 1. The van der Waals surface area contributed by atoms with Crippen LogP contribution in [0.1, 0.15) is 6.42 Å². The molecule has 3 heterocycles. The van der Waals surface area contributed by atoms with E-state index in [9.17, 15) is 4.79 Å². The highest BCUT2D eigenvalue weighted by molar-refractivity contribution is 6.01. The molecular formula is C19H24N6O2. The van der Waals surface area contributed by atoms with Gasteiger partial charge in [-0.25, -0.2) is 4.98 Å². The van der Waals surface area contributed by atoms with Crippen molar-refractivity contribution in [3.63, 3.8) is 0 Å². The number of hydrogen-bond donors (Lipinski definition) is 2. The molecule has 1 aromatic heterocycles. The summed E-state index contributed by atoms with van der Waals surface area (Å²) >= 11 is 0. The number of aromatic nitrogens is 2. The summed E-state index contributed by atoms with van der Waals surface area (Å²) < 4.78 is 5.45. The topological polar surface area (TPSA) is 96.6 Å². The third kappa shape index (κ3) is 3.72. The first kappa shape index (κ1) is 17.7. The van der Waals surface area contributed by atoms with Gasteiger partial charge in [0.2, 0.25) is 11.9 Å². The summed E-state index contributed by atoms with van der Waals surface area (Å²) in [4.78, 5) is 25.6. The van der Waals surface area contributed by atoms with Gasteiger partial charge in [0.25, 0.3) is 0 Å². The largest absolute Gasteiger partial charge is 0.378 e. The van der Waals surface area contributed by atoms with E-state index in [4.69, 9.17) is 20.4 Å². The van der Waals surface area contributed by atoms with Gasteiger partial charge in [-0.2, -0.15) is 4.98 Å². The number of morpholine rings is 1. The molecule has 1 unspecified atom stereocenters. The summed E-state index contributed by atoms with van der Waals surface area (Å²) in [5, 5.41) is 3.75. The summed E-state index contributed by atoms with van der Waals surface area (Å²) in [6, 6.07) is 5.85. The summed E-state index contributed by atoms with van der Waals surface area (Å²) in [5.41, 5.74) is 7.59. The second kappa shape index (κ2) is 7.50. The van der Waals surface area contributed by atoms with Gasteiger partial charge in [-0.1, -0.05) is 6.58 Å². The molecule has 0 bridgehead atoms. The maximum atomic E-state index is 11.6. The molecule has 4 rings (SSSR count). The minimum Gasteiger partial charge on any atom is -0.378 e. The van der Waals surface area contributed by atoms with Crippen molar-refractivity contribution < 1.29 is 9.53 Å². The van der Waals surface area contributed by atoms with Crippen LogP contribution in [-0.2, 0) is 9.53 Å². The molecule has 2 saturated heterocycles. The lowest BCUT2D eigenvalue weighted by molar-refractivity contribution is -0.111. The number of benzene rings is 1. The van der Waals surface area contributed by atoms with Gasteiger partial charge in [0.1, 0.15) is 5.82 Å². The molecule has 142 valence electrons. The molecule has 0 spiro atoms. The highest BCUT2D eigenvalue weighted by Gasteiger charge is 2.24. The summed E-state index contributed by atoms with van der Waals surface area (Å²) in [7, 11) is 0. The van der Waals surface area contributed by atoms with E-state index >= 15 is 0 Å². The quantitative estimate of drug-likeness (QED) is 0.781. The SMILES string of the molecule is C=CC(=O)Nc1ccc2c(N3CCC(N)C3)nc(N3CCOCC3)nc2c1. The maximum absolute atomic E-state index is 11.6. The van der Waals surface area contributed by atoms with E-state index in [1.54, 1.807) is 0 Å². The van der Waals surface area contributed by atoms with Gasteiger partial charge >= 0.3 is 0 Å². The van der Waals surface area contributed by atoms with Gasteiger partial charge in [0.05, 0.1) is 18.7 Å². The van der Waals surface area contributed by atoms with Crippen molar-refractivity contribution in [1.29, 1.82) is 0 Å². The maximum Gasteiger partial charge on any atom is 0.247 e. The highest BCUT2D eigenvalue weighted by Crippen LogP contribution is 2.30. The van der Waals surface area contributed by atoms with E-state index < -0.39 is 0 Å². The van der Waals surface area contributed by atoms with Crippen molar-refractivity contribution in [1.82, 2.24) is 9.97 Å². The van der Waals surface area contributed by atoms with Gasteiger partial charge < -0.3 is 25.6 Å². The van der Waals surface area contributed by atoms with Gasteiger partial charge in [0.15, 0.2) is 0 Å². The molecule has 1 aromatic carbocycles. The molecule has 3 N–H and O–H groups in total. The average Bonchev–Trinajstić information content (AvgIpc) is 3.13. The predicted octanol–water partition coefficient (Wildman–Crippen LogP) is 1.13. The van der Waals surface area contributed by atoms with Crippen LogP contribution in [0.2, 0.25) is 0 Å². The van der Waals surface area contributed by atoms with Crippen LogP contribution in [0.15, 0.2) is 30.9 Å². The number of rotatable bonds is 4.